The van der Waals surface area contributed by atoms with Gasteiger partial charge >= 0.3 is 13.5 Å². The van der Waals surface area contributed by atoms with Gasteiger partial charge in [0, 0.05) is 24.2 Å². The highest BCUT2D eigenvalue weighted by molar-refractivity contribution is 7.49. The molecule has 0 aliphatic carbocycles. The fourth-order valence-electron chi connectivity index (χ4n) is 3.02. The number of para-hydroxylation sites is 1. The van der Waals surface area contributed by atoms with Gasteiger partial charge in [-0.1, -0.05) is 12.1 Å². The van der Waals surface area contributed by atoms with Gasteiger partial charge in [-0.15, -0.1) is 0 Å². The smallest absolute Gasteiger partial charge is 0.493 e. The van der Waals surface area contributed by atoms with Gasteiger partial charge in [0.25, 0.3) is 5.56 Å². The number of fused-ring (bicyclic) bond motifs is 1. The lowest BCUT2D eigenvalue weighted by Crippen LogP contribution is -2.35. The second-order valence-corrected chi connectivity index (χ2v) is 8.00. The van der Waals surface area contributed by atoms with Crippen molar-refractivity contribution < 1.29 is 39.8 Å². The number of H-pyrrole nitrogens is 1. The summed E-state index contributed by atoms with van der Waals surface area (Å²) in [4.78, 5) is 25.1. The summed E-state index contributed by atoms with van der Waals surface area (Å²) in [6, 6.07) is 5.66. The third kappa shape index (κ3) is 3.92. The highest BCUT2D eigenvalue weighted by atomic mass is 31.2. The topological polar surface area (TPSA) is 138 Å². The van der Waals surface area contributed by atoms with Gasteiger partial charge < -0.3 is 19.1 Å². The largest absolute Gasteiger partial charge is 0.530 e. The first-order valence-electron chi connectivity index (χ1n) is 9.64. The van der Waals surface area contributed by atoms with E-state index in [9.17, 15) is 19.3 Å². The van der Waals surface area contributed by atoms with E-state index < -0.39 is 50.2 Å². The summed E-state index contributed by atoms with van der Waals surface area (Å²) >= 11 is 0. The number of aromatic nitrogens is 2. The molecule has 13 heteroatoms. The molecule has 4 atom stereocenters. The van der Waals surface area contributed by atoms with Crippen molar-refractivity contribution in [2.45, 2.75) is 31.2 Å². The van der Waals surface area contributed by atoms with E-state index in [1.807, 2.05) is 4.98 Å². The first-order valence-corrected chi connectivity index (χ1v) is 10.1. The van der Waals surface area contributed by atoms with E-state index in [0.29, 0.717) is 10.1 Å². The first-order chi connectivity index (χ1) is 15.0. The van der Waals surface area contributed by atoms with E-state index in [1.54, 1.807) is 12.1 Å². The molecule has 0 bridgehead atoms. The van der Waals surface area contributed by atoms with E-state index in [0.717, 1.165) is 12.3 Å². The number of phosphoric ester groups is 1. The Morgan fingerprint density at radius 2 is 2.27 bits per heavy atom. The Labute approximate surface area is 171 Å². The molecule has 1 aromatic carbocycles. The second-order valence-electron chi connectivity index (χ2n) is 6.48. The quantitative estimate of drug-likeness (QED) is 0.649. The van der Waals surface area contributed by atoms with Gasteiger partial charge in [-0.2, -0.15) is 0 Å². The third-order valence-corrected chi connectivity index (χ3v) is 5.57. The molecular formula is C17H18FN2O9P. The minimum atomic E-state index is -4.70. The lowest BCUT2D eigenvalue weighted by molar-refractivity contribution is -0.179. The lowest BCUT2D eigenvalue weighted by atomic mass is 10.2. The first kappa shape index (κ1) is 18.3. The molecule has 0 radical (unpaired) electrons. The predicted octanol–water partition coefficient (Wildman–Crippen LogP) is 1.22. The number of alkyl halides is 1. The van der Waals surface area contributed by atoms with Crippen LogP contribution < -0.4 is 20.5 Å². The standard InChI is InChI=1S/C17H18FN2O9P/c1-25-12-4-2-3-10-8-26-30(24,29-14(10)12)27-9-17(18)7-11(21)15(28-17)20-6-5-13(22)19-16(20)23/h2-6,11,15,21H,7-9H2,1H3,(H,19,22,23)/t11-,15-,17+,30?/m1/s1/i9D2. The van der Waals surface area contributed by atoms with Crippen LogP contribution >= 0.6 is 7.82 Å². The van der Waals surface area contributed by atoms with Crippen molar-refractivity contribution in [3.05, 3.63) is 56.9 Å². The van der Waals surface area contributed by atoms with Crippen LogP contribution in [0.2, 0.25) is 0 Å². The van der Waals surface area contributed by atoms with Gasteiger partial charge in [-0.25, -0.2) is 13.8 Å². The van der Waals surface area contributed by atoms with Crippen LogP contribution in [-0.2, 0) is 25.0 Å². The summed E-state index contributed by atoms with van der Waals surface area (Å²) in [6.45, 7) is -3.75. The molecule has 1 unspecified atom stereocenters. The molecule has 0 spiro atoms. The molecule has 0 amide bonds. The second kappa shape index (κ2) is 7.64. The zero-order valence-corrected chi connectivity index (χ0v) is 16.3. The van der Waals surface area contributed by atoms with Crippen molar-refractivity contribution in [3.63, 3.8) is 0 Å². The summed E-state index contributed by atoms with van der Waals surface area (Å²) in [7, 11) is -3.37. The number of nitrogens with one attached hydrogen (secondary N) is 1. The third-order valence-electron chi connectivity index (χ3n) is 4.41. The molecule has 1 fully saturated rings. The molecule has 30 heavy (non-hydrogen) atoms. The Balaban J connectivity index is 1.58. The highest BCUT2D eigenvalue weighted by Gasteiger charge is 2.50. The number of methoxy groups -OCH3 is 1. The molecule has 11 nitrogen and oxygen atoms in total. The molecule has 2 aliphatic heterocycles. The number of hydrogen-bond acceptors (Lipinski definition) is 9. The fraction of sp³-hybridized carbons (Fsp3) is 0.412. The van der Waals surface area contributed by atoms with E-state index in [4.69, 9.17) is 25.8 Å². The van der Waals surface area contributed by atoms with Crippen molar-refractivity contribution in [1.29, 1.82) is 0 Å². The van der Waals surface area contributed by atoms with Crippen molar-refractivity contribution in [2.24, 2.45) is 0 Å². The molecule has 2 aliphatic rings. The number of rotatable bonds is 5. The number of phosphoric acid groups is 1. The molecule has 1 saturated heterocycles. The lowest BCUT2D eigenvalue weighted by Gasteiger charge is -2.28. The van der Waals surface area contributed by atoms with Crippen molar-refractivity contribution in [1.82, 2.24) is 9.55 Å². The van der Waals surface area contributed by atoms with Crippen LogP contribution in [0.1, 0.15) is 21.0 Å². The molecule has 4 rings (SSSR count). The Bertz CT molecular complexity index is 1190. The van der Waals surface area contributed by atoms with Gasteiger partial charge in [0.05, 0.1) is 16.5 Å². The van der Waals surface area contributed by atoms with Crippen LogP contribution in [-0.4, -0.2) is 40.3 Å². The predicted molar refractivity (Wildman–Crippen MR) is 97.9 cm³/mol. The maximum atomic E-state index is 15.5. The minimum absolute atomic E-state index is 0.0154. The number of aliphatic hydroxyl groups excluding tert-OH is 1. The van der Waals surface area contributed by atoms with Gasteiger partial charge in [0.1, 0.15) is 12.7 Å². The number of hydrogen-bond donors (Lipinski definition) is 2. The molecule has 2 aromatic rings. The zero-order valence-electron chi connectivity index (χ0n) is 17.4. The fourth-order valence-corrected chi connectivity index (χ4v) is 4.14. The summed E-state index contributed by atoms with van der Waals surface area (Å²) in [5.41, 5.74) is -1.30. The Hall–Kier alpha value is -2.50. The van der Waals surface area contributed by atoms with Crippen molar-refractivity contribution >= 4 is 7.82 Å². The minimum Gasteiger partial charge on any atom is -0.493 e. The Morgan fingerprint density at radius 3 is 3.00 bits per heavy atom. The number of halogens is 1. The van der Waals surface area contributed by atoms with Crippen molar-refractivity contribution in [2.75, 3.05) is 13.7 Å². The van der Waals surface area contributed by atoms with Gasteiger partial charge in [-0.05, 0) is 6.07 Å². The van der Waals surface area contributed by atoms with Crippen LogP contribution in [0.15, 0.2) is 40.1 Å². The van der Waals surface area contributed by atoms with Crippen LogP contribution in [0.25, 0.3) is 0 Å². The monoisotopic (exact) mass is 446 g/mol. The molecule has 162 valence electrons. The molecule has 0 saturated carbocycles. The maximum absolute atomic E-state index is 15.5. The number of nitrogens with zero attached hydrogens (tertiary/aromatic N) is 1. The van der Waals surface area contributed by atoms with Crippen molar-refractivity contribution in [3.8, 4) is 11.5 Å². The molecule has 1 aromatic heterocycles. The summed E-state index contributed by atoms with van der Waals surface area (Å²) < 4.78 is 70.4. The summed E-state index contributed by atoms with van der Waals surface area (Å²) in [6.07, 6.45) is -3.44. The average molecular weight is 446 g/mol. The number of benzene rings is 1. The van der Waals surface area contributed by atoms with E-state index >= 15 is 4.39 Å². The van der Waals surface area contributed by atoms with Crippen LogP contribution in [0, 0.1) is 0 Å². The van der Waals surface area contributed by atoms with Gasteiger partial charge in [-0.3, -0.25) is 23.4 Å². The van der Waals surface area contributed by atoms with E-state index in [1.165, 1.54) is 13.2 Å². The van der Waals surface area contributed by atoms with Crippen LogP contribution in [0.3, 0.4) is 0 Å². The van der Waals surface area contributed by atoms with Crippen LogP contribution in [0.4, 0.5) is 4.39 Å². The number of ether oxygens (including phenoxy) is 2. The van der Waals surface area contributed by atoms with E-state index in [-0.39, 0.29) is 18.1 Å². The average Bonchev–Trinajstić information content (AvgIpc) is 3.02. The van der Waals surface area contributed by atoms with E-state index in [2.05, 4.69) is 0 Å². The number of aromatic amines is 1. The Morgan fingerprint density at radius 1 is 1.47 bits per heavy atom. The van der Waals surface area contributed by atoms with Crippen LogP contribution in [0.5, 0.6) is 11.5 Å². The number of aliphatic hydroxyl groups is 1. The van der Waals surface area contributed by atoms with Gasteiger partial charge in [0.15, 0.2) is 17.7 Å². The molecule has 2 N–H and O–H groups in total. The SMILES string of the molecule is [2H]C([2H])(OP1(=O)OCc2cccc(OC)c2O1)[C@]1(F)C[C@@H](O)[C@H](n2ccc(=O)[nH]c2=O)O1. The molecule has 3 heterocycles. The molecular weight excluding hydrogens is 426 g/mol. The maximum Gasteiger partial charge on any atom is 0.530 e. The van der Waals surface area contributed by atoms with Gasteiger partial charge in [0.2, 0.25) is 5.85 Å². The highest BCUT2D eigenvalue weighted by Crippen LogP contribution is 2.57. The Kier molecular flexibility index (Phi) is 4.65. The zero-order chi connectivity index (χ0) is 23.3. The summed E-state index contributed by atoms with van der Waals surface area (Å²) in [5, 5.41) is 10.2. The normalized spacial score (nSPS) is 32.0. The summed E-state index contributed by atoms with van der Waals surface area (Å²) in [5.74, 6) is -3.20.